The van der Waals surface area contributed by atoms with Crippen LogP contribution in [0.3, 0.4) is 0 Å². The summed E-state index contributed by atoms with van der Waals surface area (Å²) >= 11 is 0. The Morgan fingerprint density at radius 3 is 2.50 bits per heavy atom. The van der Waals surface area contributed by atoms with Crippen molar-refractivity contribution in [1.29, 1.82) is 0 Å². The highest BCUT2D eigenvalue weighted by Gasteiger charge is 2.23. The molecule has 1 atom stereocenters. The number of para-hydroxylation sites is 1. The average Bonchev–Trinajstić information content (AvgIpc) is 2.96. The summed E-state index contributed by atoms with van der Waals surface area (Å²) in [5.74, 6) is -1.32. The molecule has 6 nitrogen and oxygen atoms in total. The van der Waals surface area contributed by atoms with E-state index in [0.717, 1.165) is 5.69 Å². The largest absolute Gasteiger partial charge is 0.480 e. The molecule has 0 fully saturated rings. The van der Waals surface area contributed by atoms with Crippen LogP contribution in [0.15, 0.2) is 42.6 Å². The van der Waals surface area contributed by atoms with Crippen molar-refractivity contribution in [2.75, 3.05) is 0 Å². The Morgan fingerprint density at radius 2 is 1.91 bits per heavy atom. The summed E-state index contributed by atoms with van der Waals surface area (Å²) in [5.41, 5.74) is 1.05. The van der Waals surface area contributed by atoms with Gasteiger partial charge in [-0.25, -0.2) is 9.48 Å². The fourth-order valence-corrected chi connectivity index (χ4v) is 2.18. The first-order valence-electron chi connectivity index (χ1n) is 7.12. The molecule has 0 unspecified atom stereocenters. The molecule has 0 aliphatic carbocycles. The van der Waals surface area contributed by atoms with Crippen molar-refractivity contribution < 1.29 is 14.7 Å². The van der Waals surface area contributed by atoms with Gasteiger partial charge in [-0.1, -0.05) is 32.0 Å². The monoisotopic (exact) mass is 301 g/mol. The predicted molar refractivity (Wildman–Crippen MR) is 81.9 cm³/mol. The number of amides is 1. The third-order valence-corrected chi connectivity index (χ3v) is 3.19. The van der Waals surface area contributed by atoms with Gasteiger partial charge in [0.05, 0.1) is 11.9 Å². The summed E-state index contributed by atoms with van der Waals surface area (Å²) in [5, 5.41) is 15.9. The van der Waals surface area contributed by atoms with Crippen LogP contribution >= 0.6 is 0 Å². The number of carboxylic acid groups (broad SMARTS) is 1. The number of benzene rings is 1. The molecule has 1 amide bonds. The molecular formula is C16H19N3O3. The van der Waals surface area contributed by atoms with Gasteiger partial charge in [0.25, 0.3) is 5.91 Å². The van der Waals surface area contributed by atoms with Gasteiger partial charge in [-0.3, -0.25) is 4.79 Å². The number of hydrogen-bond donors (Lipinski definition) is 2. The minimum Gasteiger partial charge on any atom is -0.480 e. The number of nitrogens with one attached hydrogen (secondary N) is 1. The molecule has 6 heteroatoms. The van der Waals surface area contributed by atoms with E-state index in [0.29, 0.717) is 12.1 Å². The molecule has 116 valence electrons. The third kappa shape index (κ3) is 3.72. The highest BCUT2D eigenvalue weighted by Crippen LogP contribution is 2.11. The lowest BCUT2D eigenvalue weighted by atomic mass is 10.0. The summed E-state index contributed by atoms with van der Waals surface area (Å²) in [6, 6.07) is 9.87. The van der Waals surface area contributed by atoms with Crippen molar-refractivity contribution in [2.24, 2.45) is 5.92 Å². The summed E-state index contributed by atoms with van der Waals surface area (Å²) in [6.45, 7) is 3.83. The Hall–Kier alpha value is -2.63. The van der Waals surface area contributed by atoms with Crippen molar-refractivity contribution in [3.63, 3.8) is 0 Å². The molecule has 2 rings (SSSR count). The van der Waals surface area contributed by atoms with E-state index in [1.54, 1.807) is 6.07 Å². The minimum atomic E-state index is -1.03. The second kappa shape index (κ2) is 6.89. The minimum absolute atomic E-state index is 0.167. The summed E-state index contributed by atoms with van der Waals surface area (Å²) in [7, 11) is 0. The SMILES string of the molecule is CC(C)C[C@@H](NC(=O)c1ccnn1-c1ccccc1)C(=O)O. The fraction of sp³-hybridized carbons (Fsp3) is 0.312. The molecule has 2 N–H and O–H groups in total. The molecule has 1 heterocycles. The Kier molecular flexibility index (Phi) is 4.93. The van der Waals surface area contributed by atoms with Gasteiger partial charge < -0.3 is 10.4 Å². The van der Waals surface area contributed by atoms with Crippen LogP contribution < -0.4 is 5.32 Å². The zero-order valence-electron chi connectivity index (χ0n) is 12.6. The van der Waals surface area contributed by atoms with E-state index < -0.39 is 17.9 Å². The van der Waals surface area contributed by atoms with E-state index in [-0.39, 0.29) is 5.92 Å². The number of hydrogen-bond acceptors (Lipinski definition) is 3. The van der Waals surface area contributed by atoms with E-state index in [2.05, 4.69) is 10.4 Å². The van der Waals surface area contributed by atoms with Gasteiger partial charge >= 0.3 is 5.97 Å². The quantitative estimate of drug-likeness (QED) is 0.855. The lowest BCUT2D eigenvalue weighted by Gasteiger charge is -2.16. The Labute approximate surface area is 128 Å². The van der Waals surface area contributed by atoms with E-state index in [1.807, 2.05) is 44.2 Å². The lowest BCUT2D eigenvalue weighted by molar-refractivity contribution is -0.139. The number of aliphatic carboxylic acids is 1. The number of aromatic nitrogens is 2. The Bertz CT molecular complexity index is 650. The number of carbonyl (C=O) groups excluding carboxylic acids is 1. The smallest absolute Gasteiger partial charge is 0.326 e. The molecule has 1 aromatic carbocycles. The van der Waals surface area contributed by atoms with E-state index in [4.69, 9.17) is 0 Å². The van der Waals surface area contributed by atoms with Crippen LogP contribution in [0.25, 0.3) is 5.69 Å². The molecule has 0 radical (unpaired) electrons. The lowest BCUT2D eigenvalue weighted by Crippen LogP contribution is -2.42. The first-order valence-corrected chi connectivity index (χ1v) is 7.12. The topological polar surface area (TPSA) is 84.2 Å². The molecule has 0 spiro atoms. The first kappa shape index (κ1) is 15.8. The van der Waals surface area contributed by atoms with Gasteiger partial charge in [0.1, 0.15) is 11.7 Å². The van der Waals surface area contributed by atoms with Crippen LogP contribution in [0.5, 0.6) is 0 Å². The van der Waals surface area contributed by atoms with Crippen LogP contribution in [0.4, 0.5) is 0 Å². The van der Waals surface area contributed by atoms with Gasteiger partial charge in [-0.15, -0.1) is 0 Å². The average molecular weight is 301 g/mol. The van der Waals surface area contributed by atoms with Crippen LogP contribution in [0, 0.1) is 5.92 Å². The molecule has 2 aromatic rings. The van der Waals surface area contributed by atoms with Crippen molar-refractivity contribution in [3.05, 3.63) is 48.3 Å². The predicted octanol–water partition coefficient (Wildman–Crippen LogP) is 2.10. The summed E-state index contributed by atoms with van der Waals surface area (Å²) in [4.78, 5) is 23.6. The Balaban J connectivity index is 2.20. The first-order chi connectivity index (χ1) is 10.5. The molecule has 22 heavy (non-hydrogen) atoms. The second-order valence-corrected chi connectivity index (χ2v) is 5.46. The number of nitrogens with zero attached hydrogens (tertiary/aromatic N) is 2. The molecule has 0 aliphatic rings. The fourth-order valence-electron chi connectivity index (χ4n) is 2.18. The summed E-state index contributed by atoms with van der Waals surface area (Å²) < 4.78 is 1.49. The van der Waals surface area contributed by atoms with Gasteiger partial charge in [0.2, 0.25) is 0 Å². The maximum atomic E-state index is 12.4. The summed E-state index contributed by atoms with van der Waals surface area (Å²) in [6.07, 6.45) is 1.89. The zero-order valence-corrected chi connectivity index (χ0v) is 12.6. The van der Waals surface area contributed by atoms with Gasteiger partial charge in [0, 0.05) is 0 Å². The van der Waals surface area contributed by atoms with E-state index in [9.17, 15) is 14.7 Å². The van der Waals surface area contributed by atoms with Gasteiger partial charge in [0.15, 0.2) is 0 Å². The standard InChI is InChI=1S/C16H19N3O3/c1-11(2)10-13(16(21)22)18-15(20)14-8-9-17-19(14)12-6-4-3-5-7-12/h3-9,11,13H,10H2,1-2H3,(H,18,20)(H,21,22)/t13-/m1/s1. The normalized spacial score (nSPS) is 12.1. The zero-order chi connectivity index (χ0) is 16.1. The maximum absolute atomic E-state index is 12.4. The maximum Gasteiger partial charge on any atom is 0.326 e. The van der Waals surface area contributed by atoms with Crippen molar-refractivity contribution in [3.8, 4) is 5.69 Å². The number of carbonyl (C=O) groups is 2. The van der Waals surface area contributed by atoms with Crippen LogP contribution in [-0.4, -0.2) is 32.8 Å². The van der Waals surface area contributed by atoms with E-state index >= 15 is 0 Å². The molecule has 1 aromatic heterocycles. The number of rotatable bonds is 6. The van der Waals surface area contributed by atoms with Crippen LogP contribution in [0.1, 0.15) is 30.8 Å². The highest BCUT2D eigenvalue weighted by molar-refractivity contribution is 5.95. The van der Waals surface area contributed by atoms with Gasteiger partial charge in [-0.2, -0.15) is 5.10 Å². The molecule has 0 saturated heterocycles. The second-order valence-electron chi connectivity index (χ2n) is 5.46. The van der Waals surface area contributed by atoms with Crippen molar-refractivity contribution in [1.82, 2.24) is 15.1 Å². The highest BCUT2D eigenvalue weighted by atomic mass is 16.4. The van der Waals surface area contributed by atoms with Crippen molar-refractivity contribution >= 4 is 11.9 Å². The molecule has 0 aliphatic heterocycles. The molecular weight excluding hydrogens is 282 g/mol. The van der Waals surface area contributed by atoms with Crippen molar-refractivity contribution in [2.45, 2.75) is 26.3 Å². The van der Waals surface area contributed by atoms with Gasteiger partial charge in [-0.05, 0) is 30.5 Å². The van der Waals surface area contributed by atoms with Crippen LogP contribution in [-0.2, 0) is 4.79 Å². The van der Waals surface area contributed by atoms with E-state index in [1.165, 1.54) is 10.9 Å². The van der Waals surface area contributed by atoms with Crippen LogP contribution in [0.2, 0.25) is 0 Å². The third-order valence-electron chi connectivity index (χ3n) is 3.19. The molecule has 0 saturated carbocycles. The number of carboxylic acids is 1. The Morgan fingerprint density at radius 1 is 1.23 bits per heavy atom. The molecule has 0 bridgehead atoms.